The number of amides is 1. The maximum atomic E-state index is 13.9. The highest BCUT2D eigenvalue weighted by Gasteiger charge is 2.27. The number of unbranched alkanes of at least 4 members (excludes halogenated alkanes) is 3. The number of nitrogens with zero attached hydrogens (tertiary/aromatic N) is 1. The molecule has 0 spiro atoms. The minimum atomic E-state index is -1.57. The Balaban J connectivity index is 1.88. The van der Waals surface area contributed by atoms with E-state index in [2.05, 4.69) is 35.6 Å². The summed E-state index contributed by atoms with van der Waals surface area (Å²) >= 11 is 0. The summed E-state index contributed by atoms with van der Waals surface area (Å²) in [6.45, 7) is 9.46. The number of primary amides is 1. The molecule has 0 aliphatic carbocycles. The van der Waals surface area contributed by atoms with Crippen molar-refractivity contribution in [1.82, 2.24) is 4.90 Å². The summed E-state index contributed by atoms with van der Waals surface area (Å²) in [6, 6.07) is 12.0. The molecule has 3 rings (SSSR count). The number of benzene rings is 2. The number of furan rings is 1. The number of ether oxygens (including phenoxy) is 2. The molecular formula is C33H40N2O7. The number of fused-ring (bicyclic) bond motifs is 1. The molecule has 0 unspecified atom stereocenters. The lowest BCUT2D eigenvalue weighted by Gasteiger charge is -2.19. The molecule has 3 aromatic rings. The van der Waals surface area contributed by atoms with E-state index < -0.39 is 18.0 Å². The van der Waals surface area contributed by atoms with Crippen LogP contribution in [0.4, 0.5) is 4.79 Å². The standard InChI is InChI=1S/C33H40N2O7/c1-4-7-13-27-29(28-25(40-27)14-10-15-26(28)41-31(37)32(38)42-33(34)39)30(36)24-18-16-23(17-19-24)12-11-22-35(20-8-5-2)21-9-6-3/h10-12,14-19H,4-9,13,20-22H2,1-3H3,(H2,34,39)/b12-11-. The topological polar surface area (TPSA) is 129 Å². The Bertz CT molecular complexity index is 1400. The van der Waals surface area contributed by atoms with Gasteiger partial charge in [0.05, 0.1) is 10.9 Å². The number of hydrogen-bond donors (Lipinski definition) is 1. The number of carbonyl (C=O) groups excluding carboxylic acids is 4. The fourth-order valence-corrected chi connectivity index (χ4v) is 4.56. The van der Waals surface area contributed by atoms with E-state index in [0.29, 0.717) is 23.3 Å². The lowest BCUT2D eigenvalue weighted by atomic mass is 9.97. The number of aryl methyl sites for hydroxylation is 1. The van der Waals surface area contributed by atoms with Crippen LogP contribution in [0, 0.1) is 0 Å². The van der Waals surface area contributed by atoms with Gasteiger partial charge in [-0.25, -0.2) is 14.4 Å². The van der Waals surface area contributed by atoms with Gasteiger partial charge in [-0.3, -0.25) is 9.69 Å². The molecule has 0 aliphatic heterocycles. The average molecular weight is 577 g/mol. The van der Waals surface area contributed by atoms with Crippen molar-refractivity contribution in [3.63, 3.8) is 0 Å². The molecule has 2 N–H and O–H groups in total. The zero-order valence-electron chi connectivity index (χ0n) is 24.6. The van der Waals surface area contributed by atoms with Gasteiger partial charge in [-0.1, -0.05) is 82.5 Å². The van der Waals surface area contributed by atoms with Gasteiger partial charge in [-0.15, -0.1) is 0 Å². The Morgan fingerprint density at radius 1 is 0.881 bits per heavy atom. The van der Waals surface area contributed by atoms with E-state index in [9.17, 15) is 19.2 Å². The minimum absolute atomic E-state index is 0.0657. The van der Waals surface area contributed by atoms with Crippen LogP contribution in [0.25, 0.3) is 17.0 Å². The van der Waals surface area contributed by atoms with E-state index in [1.807, 2.05) is 19.1 Å². The van der Waals surface area contributed by atoms with E-state index in [-0.39, 0.29) is 22.5 Å². The van der Waals surface area contributed by atoms with Crippen LogP contribution in [0.3, 0.4) is 0 Å². The predicted octanol–water partition coefficient (Wildman–Crippen LogP) is 6.45. The van der Waals surface area contributed by atoms with Gasteiger partial charge in [0.2, 0.25) is 0 Å². The number of rotatable bonds is 15. The zero-order chi connectivity index (χ0) is 30.5. The third kappa shape index (κ3) is 8.88. The van der Waals surface area contributed by atoms with E-state index in [4.69, 9.17) is 14.9 Å². The third-order valence-electron chi connectivity index (χ3n) is 6.80. The van der Waals surface area contributed by atoms with Gasteiger partial charge in [0.25, 0.3) is 0 Å². The molecule has 224 valence electrons. The molecule has 0 bridgehead atoms. The molecule has 0 aliphatic rings. The predicted molar refractivity (Wildman–Crippen MR) is 161 cm³/mol. The minimum Gasteiger partial charge on any atom is -0.460 e. The lowest BCUT2D eigenvalue weighted by molar-refractivity contribution is -0.157. The summed E-state index contributed by atoms with van der Waals surface area (Å²) in [7, 11) is 0. The average Bonchev–Trinajstić information content (AvgIpc) is 3.36. The molecule has 0 radical (unpaired) electrons. The van der Waals surface area contributed by atoms with Gasteiger partial charge < -0.3 is 19.6 Å². The van der Waals surface area contributed by atoms with Crippen LogP contribution < -0.4 is 10.5 Å². The Morgan fingerprint density at radius 3 is 2.17 bits per heavy atom. The van der Waals surface area contributed by atoms with Gasteiger partial charge >= 0.3 is 18.0 Å². The van der Waals surface area contributed by atoms with Crippen LogP contribution in [0.1, 0.15) is 86.5 Å². The highest BCUT2D eigenvalue weighted by molar-refractivity contribution is 6.32. The molecule has 9 heteroatoms. The highest BCUT2D eigenvalue weighted by atomic mass is 16.6. The first kappa shape index (κ1) is 32.3. The van der Waals surface area contributed by atoms with Gasteiger partial charge in [-0.2, -0.15) is 0 Å². The molecule has 1 amide bonds. The monoisotopic (exact) mass is 576 g/mol. The van der Waals surface area contributed by atoms with Crippen molar-refractivity contribution in [3.8, 4) is 5.75 Å². The SMILES string of the molecule is CCCCc1oc2cccc(OC(=O)C(=O)OC(N)=O)c2c1C(=O)c1ccc(/C=C\CN(CCCC)CCCC)cc1. The molecule has 42 heavy (non-hydrogen) atoms. The van der Waals surface area contributed by atoms with Crippen molar-refractivity contribution in [3.05, 3.63) is 71.0 Å². The van der Waals surface area contributed by atoms with Gasteiger partial charge in [0, 0.05) is 18.5 Å². The Morgan fingerprint density at radius 2 is 1.55 bits per heavy atom. The van der Waals surface area contributed by atoms with Gasteiger partial charge in [0.15, 0.2) is 5.78 Å². The second-order valence-corrected chi connectivity index (χ2v) is 10.1. The number of carbonyl (C=O) groups is 4. The zero-order valence-corrected chi connectivity index (χ0v) is 24.6. The van der Waals surface area contributed by atoms with Crippen LogP contribution >= 0.6 is 0 Å². The second-order valence-electron chi connectivity index (χ2n) is 10.1. The normalized spacial score (nSPS) is 11.3. The van der Waals surface area contributed by atoms with Crippen LogP contribution in [0.5, 0.6) is 5.75 Å². The van der Waals surface area contributed by atoms with Crippen LogP contribution in [-0.4, -0.2) is 48.3 Å². The van der Waals surface area contributed by atoms with E-state index >= 15 is 0 Å². The summed E-state index contributed by atoms with van der Waals surface area (Å²) in [6.07, 6.45) is 9.61. The molecule has 0 atom stereocenters. The van der Waals surface area contributed by atoms with Crippen LogP contribution in [0.2, 0.25) is 0 Å². The number of nitrogens with two attached hydrogens (primary N) is 1. The molecule has 0 fully saturated rings. The van der Waals surface area contributed by atoms with Crippen molar-refractivity contribution in [1.29, 1.82) is 0 Å². The quantitative estimate of drug-likeness (QED) is 0.0718. The van der Waals surface area contributed by atoms with Gasteiger partial charge in [0.1, 0.15) is 17.1 Å². The second kappa shape index (κ2) is 16.3. The number of ketones is 1. The maximum absolute atomic E-state index is 13.9. The van der Waals surface area contributed by atoms with E-state index in [1.165, 1.54) is 31.7 Å². The number of esters is 2. The van der Waals surface area contributed by atoms with Crippen LogP contribution in [-0.2, 0) is 20.7 Å². The Hall–Kier alpha value is -4.24. The Kier molecular flexibility index (Phi) is 12.5. The first-order valence-corrected chi connectivity index (χ1v) is 14.6. The first-order valence-electron chi connectivity index (χ1n) is 14.6. The molecule has 0 saturated heterocycles. The third-order valence-corrected chi connectivity index (χ3v) is 6.80. The van der Waals surface area contributed by atoms with Crippen molar-refractivity contribution >= 4 is 40.9 Å². The van der Waals surface area contributed by atoms with E-state index in [1.54, 1.807) is 24.3 Å². The first-order chi connectivity index (χ1) is 20.3. The van der Waals surface area contributed by atoms with E-state index in [0.717, 1.165) is 38.0 Å². The summed E-state index contributed by atoms with van der Waals surface area (Å²) in [5.74, 6) is -2.92. The summed E-state index contributed by atoms with van der Waals surface area (Å²) < 4.78 is 15.4. The largest absolute Gasteiger partial charge is 0.460 e. The fourth-order valence-electron chi connectivity index (χ4n) is 4.56. The summed E-state index contributed by atoms with van der Waals surface area (Å²) in [5, 5.41) is 0.261. The van der Waals surface area contributed by atoms with Crippen molar-refractivity contribution in [2.24, 2.45) is 5.73 Å². The van der Waals surface area contributed by atoms with Gasteiger partial charge in [-0.05, 0) is 50.0 Å². The molecule has 0 saturated carbocycles. The Labute approximate surface area is 246 Å². The molecule has 2 aromatic carbocycles. The lowest BCUT2D eigenvalue weighted by Crippen LogP contribution is -2.28. The molecule has 1 aromatic heterocycles. The summed E-state index contributed by atoms with van der Waals surface area (Å²) in [5.41, 5.74) is 6.82. The molecule has 1 heterocycles. The summed E-state index contributed by atoms with van der Waals surface area (Å²) in [4.78, 5) is 51.3. The van der Waals surface area contributed by atoms with Crippen molar-refractivity contribution < 1.29 is 33.1 Å². The fraction of sp³-hybridized carbons (Fsp3) is 0.394. The smallest absolute Gasteiger partial charge is 0.426 e. The highest BCUT2D eigenvalue weighted by Crippen LogP contribution is 2.36. The van der Waals surface area contributed by atoms with Crippen molar-refractivity contribution in [2.45, 2.75) is 65.7 Å². The van der Waals surface area contributed by atoms with Crippen molar-refractivity contribution in [2.75, 3.05) is 19.6 Å². The maximum Gasteiger partial charge on any atom is 0.426 e. The van der Waals surface area contributed by atoms with Crippen LogP contribution in [0.15, 0.2) is 53.0 Å². The molecular weight excluding hydrogens is 536 g/mol. The molecule has 9 nitrogen and oxygen atoms in total. The number of hydrogen-bond acceptors (Lipinski definition) is 8.